The molecule has 4 rings (SSSR count). The van der Waals surface area contributed by atoms with Gasteiger partial charge in [0.1, 0.15) is 11.6 Å². The Bertz CT molecular complexity index is 753. The fourth-order valence-electron chi connectivity index (χ4n) is 4.44. The van der Waals surface area contributed by atoms with E-state index in [1.54, 1.807) is 0 Å². The van der Waals surface area contributed by atoms with Crippen molar-refractivity contribution in [2.75, 3.05) is 31.6 Å². The van der Waals surface area contributed by atoms with E-state index in [0.29, 0.717) is 11.5 Å². The largest absolute Gasteiger partial charge is 0.360 e. The molecule has 2 aliphatic rings. The van der Waals surface area contributed by atoms with Crippen molar-refractivity contribution in [2.24, 2.45) is 12.5 Å². The fraction of sp³-hybridized carbons (Fsp3) is 0.619. The quantitative estimate of drug-likeness (QED) is 0.768. The Morgan fingerprint density at radius 3 is 2.61 bits per heavy atom. The van der Waals surface area contributed by atoms with Crippen molar-refractivity contribution in [3.8, 4) is 0 Å². The molecule has 2 aromatic rings. The maximum absolute atomic E-state index is 4.67. The molecule has 1 N–H and O–H groups in total. The highest BCUT2D eigenvalue weighted by molar-refractivity contribution is 5.85. The molecule has 6 nitrogen and oxygen atoms in total. The third-order valence-corrected chi connectivity index (χ3v) is 6.51. The van der Waals surface area contributed by atoms with E-state index in [-0.39, 0.29) is 12.4 Å². The summed E-state index contributed by atoms with van der Waals surface area (Å²) in [7, 11) is 4.17. The lowest BCUT2D eigenvalue weighted by atomic mass is 9.93. The van der Waals surface area contributed by atoms with Gasteiger partial charge in [-0.1, -0.05) is 6.07 Å². The van der Waals surface area contributed by atoms with Gasteiger partial charge in [0, 0.05) is 51.8 Å². The summed E-state index contributed by atoms with van der Waals surface area (Å²) in [6, 6.07) is 5.04. The second-order valence-corrected chi connectivity index (χ2v) is 8.23. The van der Waals surface area contributed by atoms with E-state index in [0.717, 1.165) is 44.4 Å². The predicted octanol–water partition coefficient (Wildman–Crippen LogP) is 2.84. The number of nitrogens with zero attached hydrogens (tertiary/aromatic N) is 5. The lowest BCUT2D eigenvalue weighted by Gasteiger charge is -2.29. The van der Waals surface area contributed by atoms with E-state index in [4.69, 9.17) is 0 Å². The van der Waals surface area contributed by atoms with Crippen LogP contribution in [0.25, 0.3) is 0 Å². The van der Waals surface area contributed by atoms with Gasteiger partial charge in [-0.25, -0.2) is 9.97 Å². The lowest BCUT2D eigenvalue weighted by Crippen LogP contribution is -2.36. The summed E-state index contributed by atoms with van der Waals surface area (Å²) >= 11 is 0. The fourth-order valence-corrected chi connectivity index (χ4v) is 4.44. The smallest absolute Gasteiger partial charge is 0.128 e. The third-order valence-electron chi connectivity index (χ3n) is 6.51. The van der Waals surface area contributed by atoms with Crippen molar-refractivity contribution < 1.29 is 0 Å². The maximum Gasteiger partial charge on any atom is 0.128 e. The number of pyridine rings is 1. The van der Waals surface area contributed by atoms with Crippen LogP contribution in [0.5, 0.6) is 0 Å². The van der Waals surface area contributed by atoms with Crippen molar-refractivity contribution in [1.82, 2.24) is 24.8 Å². The van der Waals surface area contributed by atoms with Crippen LogP contribution >= 0.6 is 12.4 Å². The molecule has 0 radical (unpaired) electrons. The van der Waals surface area contributed by atoms with Gasteiger partial charge in [0.2, 0.25) is 0 Å². The molecular weight excluding hydrogens is 372 g/mol. The SMILES string of the molecule is CCN(C)c1ccc(CN(Cc2nccn2C)C2CC23CCNCC3)cn1.Cl. The molecule has 1 saturated heterocycles. The Hall–Kier alpha value is -1.63. The summed E-state index contributed by atoms with van der Waals surface area (Å²) in [4.78, 5) is 14.0. The zero-order valence-corrected chi connectivity index (χ0v) is 18.1. The molecular formula is C21H33ClN6. The van der Waals surface area contributed by atoms with Gasteiger partial charge in [-0.15, -0.1) is 12.4 Å². The van der Waals surface area contributed by atoms with E-state index in [1.807, 2.05) is 18.6 Å². The van der Waals surface area contributed by atoms with E-state index < -0.39 is 0 Å². The average molecular weight is 405 g/mol. The number of nitrogens with one attached hydrogen (secondary N) is 1. The van der Waals surface area contributed by atoms with E-state index in [2.05, 4.69) is 62.8 Å². The first-order chi connectivity index (χ1) is 13.1. The van der Waals surface area contributed by atoms with Crippen LogP contribution in [0.4, 0.5) is 5.82 Å². The Kier molecular flexibility index (Phi) is 6.63. The lowest BCUT2D eigenvalue weighted by molar-refractivity contribution is 0.182. The van der Waals surface area contributed by atoms with E-state index in [9.17, 15) is 0 Å². The van der Waals surface area contributed by atoms with E-state index in [1.165, 1.54) is 24.8 Å². The molecule has 154 valence electrons. The monoisotopic (exact) mass is 404 g/mol. The second kappa shape index (κ2) is 8.80. The van der Waals surface area contributed by atoms with Crippen LogP contribution in [0, 0.1) is 5.41 Å². The number of halogens is 1. The Labute approximate surface area is 174 Å². The summed E-state index contributed by atoms with van der Waals surface area (Å²) in [5.41, 5.74) is 1.81. The highest BCUT2D eigenvalue weighted by Gasteiger charge is 2.56. The predicted molar refractivity (Wildman–Crippen MR) is 116 cm³/mol. The molecule has 1 aliphatic carbocycles. The van der Waals surface area contributed by atoms with Crippen LogP contribution < -0.4 is 10.2 Å². The summed E-state index contributed by atoms with van der Waals surface area (Å²) in [6.07, 6.45) is 9.91. The third kappa shape index (κ3) is 4.34. The zero-order valence-electron chi connectivity index (χ0n) is 17.3. The average Bonchev–Trinajstić information content (AvgIpc) is 3.22. The van der Waals surface area contributed by atoms with E-state index >= 15 is 0 Å². The van der Waals surface area contributed by atoms with Gasteiger partial charge in [-0.2, -0.15) is 0 Å². The van der Waals surface area contributed by atoms with Crippen molar-refractivity contribution in [3.63, 3.8) is 0 Å². The van der Waals surface area contributed by atoms with Gasteiger partial charge >= 0.3 is 0 Å². The van der Waals surface area contributed by atoms with Crippen molar-refractivity contribution in [1.29, 1.82) is 0 Å². The van der Waals surface area contributed by atoms with Crippen molar-refractivity contribution >= 4 is 18.2 Å². The standard InChI is InChI=1S/C21H32N6.ClH/c1-4-25(2)19-6-5-17(14-24-19)15-27(16-20-23-11-12-26(20)3)18-13-21(18)7-9-22-10-8-21;/h5-6,11-12,14,18,22H,4,7-10,13,15-16H2,1-3H3;1H. The van der Waals surface area contributed by atoms with Crippen molar-refractivity contribution in [3.05, 3.63) is 42.1 Å². The normalized spacial score (nSPS) is 20.2. The number of aromatic nitrogens is 3. The van der Waals surface area contributed by atoms with Gasteiger partial charge in [0.05, 0.1) is 6.54 Å². The molecule has 7 heteroatoms. The van der Waals surface area contributed by atoms with Gasteiger partial charge < -0.3 is 14.8 Å². The summed E-state index contributed by atoms with van der Waals surface area (Å²) in [5, 5.41) is 3.52. The topological polar surface area (TPSA) is 49.2 Å². The molecule has 28 heavy (non-hydrogen) atoms. The molecule has 1 aliphatic heterocycles. The van der Waals surface area contributed by atoms with Gasteiger partial charge in [0.15, 0.2) is 0 Å². The summed E-state index contributed by atoms with van der Waals surface area (Å²) in [5.74, 6) is 2.18. The first kappa shape index (κ1) is 21.1. The Balaban J connectivity index is 0.00000225. The van der Waals surface area contributed by atoms with Crippen LogP contribution in [0.2, 0.25) is 0 Å². The van der Waals surface area contributed by atoms with Gasteiger partial charge in [0.25, 0.3) is 0 Å². The number of aryl methyl sites for hydroxylation is 1. The maximum atomic E-state index is 4.67. The Morgan fingerprint density at radius 1 is 1.21 bits per heavy atom. The second-order valence-electron chi connectivity index (χ2n) is 8.23. The number of piperidine rings is 1. The number of imidazole rings is 1. The molecule has 1 atom stereocenters. The minimum absolute atomic E-state index is 0. The number of hydrogen-bond donors (Lipinski definition) is 1. The molecule has 0 aromatic carbocycles. The minimum Gasteiger partial charge on any atom is -0.360 e. The molecule has 1 saturated carbocycles. The first-order valence-corrected chi connectivity index (χ1v) is 10.2. The number of rotatable bonds is 7. The molecule has 0 bridgehead atoms. The summed E-state index contributed by atoms with van der Waals surface area (Å²) < 4.78 is 2.14. The highest BCUT2D eigenvalue weighted by Crippen LogP contribution is 2.56. The van der Waals surface area contributed by atoms with Gasteiger partial charge in [-0.05, 0) is 56.3 Å². The Morgan fingerprint density at radius 2 is 2.00 bits per heavy atom. The molecule has 0 amide bonds. The van der Waals surface area contributed by atoms with Crippen LogP contribution in [0.1, 0.15) is 37.6 Å². The molecule has 3 heterocycles. The minimum atomic E-state index is 0. The van der Waals surface area contributed by atoms with Crippen molar-refractivity contribution in [2.45, 2.75) is 45.3 Å². The van der Waals surface area contributed by atoms with Crippen LogP contribution in [-0.4, -0.2) is 52.2 Å². The van der Waals surface area contributed by atoms with Crippen LogP contribution in [0.15, 0.2) is 30.7 Å². The molecule has 1 spiro atoms. The molecule has 2 aromatic heterocycles. The zero-order chi connectivity index (χ0) is 18.9. The number of hydrogen-bond acceptors (Lipinski definition) is 5. The molecule has 1 unspecified atom stereocenters. The van der Waals surface area contributed by atoms with Gasteiger partial charge in [-0.3, -0.25) is 4.90 Å². The number of anilines is 1. The highest BCUT2D eigenvalue weighted by atomic mass is 35.5. The first-order valence-electron chi connectivity index (χ1n) is 10.2. The van der Waals surface area contributed by atoms with Crippen LogP contribution in [0.3, 0.4) is 0 Å². The van der Waals surface area contributed by atoms with Crippen LogP contribution in [-0.2, 0) is 20.1 Å². The summed E-state index contributed by atoms with van der Waals surface area (Å²) in [6.45, 7) is 7.28. The molecule has 2 fully saturated rings.